The molecule has 0 aliphatic heterocycles. The van der Waals surface area contributed by atoms with Crippen LogP contribution in [-0.2, 0) is 9.47 Å². The van der Waals surface area contributed by atoms with Gasteiger partial charge in [0.15, 0.2) is 34.5 Å². The van der Waals surface area contributed by atoms with Crippen LogP contribution in [0.4, 0.5) is 0 Å². The molecule has 0 saturated heterocycles. The van der Waals surface area contributed by atoms with Crippen LogP contribution in [0.3, 0.4) is 0 Å². The van der Waals surface area contributed by atoms with Crippen LogP contribution in [0.1, 0.15) is 33.6 Å². The van der Waals surface area contributed by atoms with E-state index in [9.17, 15) is 55.5 Å². The Morgan fingerprint density at radius 2 is 1.24 bits per heavy atom. The van der Waals surface area contributed by atoms with Crippen LogP contribution in [0.15, 0.2) is 24.3 Å². The van der Waals surface area contributed by atoms with E-state index in [4.69, 9.17) is 9.47 Å². The Kier molecular flexibility index (Phi) is 6.63. The van der Waals surface area contributed by atoms with Gasteiger partial charge in [-0.25, -0.2) is 9.59 Å². The third-order valence-electron chi connectivity index (χ3n) is 5.29. The molecule has 1 aliphatic rings. The van der Waals surface area contributed by atoms with Gasteiger partial charge in [-0.15, -0.1) is 0 Å². The van der Waals surface area contributed by atoms with Crippen molar-refractivity contribution in [2.24, 2.45) is 0 Å². The quantitative estimate of drug-likeness (QED) is 0.194. The predicted molar refractivity (Wildman–Crippen MR) is 109 cm³/mol. The lowest BCUT2D eigenvalue weighted by Gasteiger charge is -2.41. The van der Waals surface area contributed by atoms with Gasteiger partial charge in [-0.3, -0.25) is 0 Å². The Labute approximate surface area is 190 Å². The van der Waals surface area contributed by atoms with Gasteiger partial charge in [0.25, 0.3) is 0 Å². The topological polar surface area (TPSA) is 235 Å². The number of aliphatic hydroxyl groups is 3. The van der Waals surface area contributed by atoms with E-state index in [1.54, 1.807) is 0 Å². The number of aliphatic hydroxyl groups excluding tert-OH is 2. The Balaban J connectivity index is 1.71. The molecule has 0 heterocycles. The van der Waals surface area contributed by atoms with Crippen molar-refractivity contribution in [3.05, 3.63) is 35.4 Å². The summed E-state index contributed by atoms with van der Waals surface area (Å²) in [5, 5.41) is 87.9. The molecule has 3 rings (SSSR count). The number of aromatic hydroxyl groups is 6. The van der Waals surface area contributed by atoms with Gasteiger partial charge in [-0.1, -0.05) is 0 Å². The zero-order valence-corrected chi connectivity index (χ0v) is 17.3. The molecule has 2 aromatic rings. The number of hydrogen-bond donors (Lipinski definition) is 9. The lowest BCUT2D eigenvalue weighted by molar-refractivity contribution is -0.168. The third-order valence-corrected chi connectivity index (χ3v) is 5.29. The minimum atomic E-state index is -1.97. The molecule has 34 heavy (non-hydrogen) atoms. The zero-order valence-electron chi connectivity index (χ0n) is 17.3. The lowest BCUT2D eigenvalue weighted by atomic mass is 9.80. The molecule has 0 unspecified atom stereocenters. The van der Waals surface area contributed by atoms with Gasteiger partial charge in [0.1, 0.15) is 24.4 Å². The fraction of sp³-hybridized carbons (Fsp3) is 0.333. The van der Waals surface area contributed by atoms with Crippen molar-refractivity contribution < 1.29 is 65.0 Å². The molecule has 1 saturated carbocycles. The second-order valence-electron chi connectivity index (χ2n) is 7.94. The van der Waals surface area contributed by atoms with E-state index >= 15 is 0 Å². The van der Waals surface area contributed by atoms with Crippen molar-refractivity contribution in [2.75, 3.05) is 6.61 Å². The Morgan fingerprint density at radius 1 is 0.794 bits per heavy atom. The molecule has 0 radical (unpaired) electrons. The van der Waals surface area contributed by atoms with Crippen molar-refractivity contribution in [2.45, 2.75) is 36.8 Å². The maximum Gasteiger partial charge on any atom is 0.338 e. The number of rotatable bonds is 5. The highest BCUT2D eigenvalue weighted by Crippen LogP contribution is 2.38. The molecule has 13 nitrogen and oxygen atoms in total. The minimum Gasteiger partial charge on any atom is -0.504 e. The van der Waals surface area contributed by atoms with Gasteiger partial charge in [-0.05, 0) is 24.3 Å². The number of carbonyl (C=O) groups excluding carboxylic acids is 2. The number of esters is 2. The van der Waals surface area contributed by atoms with Gasteiger partial charge in [-0.2, -0.15) is 0 Å². The van der Waals surface area contributed by atoms with Crippen molar-refractivity contribution in [1.82, 2.24) is 0 Å². The van der Waals surface area contributed by atoms with Gasteiger partial charge in [0.05, 0.1) is 17.2 Å². The van der Waals surface area contributed by atoms with E-state index in [0.717, 1.165) is 24.3 Å². The van der Waals surface area contributed by atoms with E-state index in [1.165, 1.54) is 0 Å². The summed E-state index contributed by atoms with van der Waals surface area (Å²) in [7, 11) is 0. The highest BCUT2D eigenvalue weighted by atomic mass is 16.6. The van der Waals surface area contributed by atoms with Crippen molar-refractivity contribution >= 4 is 11.9 Å². The summed E-state index contributed by atoms with van der Waals surface area (Å²) >= 11 is 0. The summed E-state index contributed by atoms with van der Waals surface area (Å²) in [4.78, 5) is 24.6. The molecule has 9 N–H and O–H groups in total. The molecule has 0 amide bonds. The van der Waals surface area contributed by atoms with Gasteiger partial charge in [0.2, 0.25) is 0 Å². The standard InChI is InChI=1S/C21H22O13/c22-10-1-8(2-11(23)16(10)27)19(30)33-7-21(32)5-14(26)18(29)15(6-21)34-20(31)9-3-12(24)17(28)13(25)4-9/h1-4,14-15,18,22-29,32H,5-7H2/t14-,15-,18-,21+/m1/s1. The average molecular weight is 482 g/mol. The number of ether oxygens (including phenoxy) is 2. The highest BCUT2D eigenvalue weighted by Gasteiger charge is 2.47. The number of phenols is 6. The maximum atomic E-state index is 12.4. The molecular weight excluding hydrogens is 460 g/mol. The SMILES string of the molecule is O=C(OC[C@]1(O)C[C@@H](O)[C@@H](O)[C@H](OC(=O)c2cc(O)c(O)c(O)c2)C1)c1cc(O)c(O)c(O)c1. The largest absolute Gasteiger partial charge is 0.504 e. The van der Waals surface area contributed by atoms with Crippen LogP contribution in [0.2, 0.25) is 0 Å². The first-order valence-corrected chi connectivity index (χ1v) is 9.78. The van der Waals surface area contributed by atoms with Crippen LogP contribution in [0.5, 0.6) is 34.5 Å². The molecule has 0 aromatic heterocycles. The van der Waals surface area contributed by atoms with E-state index < -0.39 is 95.4 Å². The number of carbonyl (C=O) groups is 2. The smallest absolute Gasteiger partial charge is 0.338 e. The number of phenolic OH excluding ortho intramolecular Hbond substituents is 6. The zero-order chi connectivity index (χ0) is 25.4. The van der Waals surface area contributed by atoms with Crippen molar-refractivity contribution in [1.29, 1.82) is 0 Å². The molecular formula is C21H22O13. The second-order valence-corrected chi connectivity index (χ2v) is 7.94. The fourth-order valence-corrected chi connectivity index (χ4v) is 3.50. The second kappa shape index (κ2) is 9.13. The first kappa shape index (κ1) is 24.7. The number of benzene rings is 2. The van der Waals surface area contributed by atoms with E-state index in [1.807, 2.05) is 0 Å². The summed E-state index contributed by atoms with van der Waals surface area (Å²) in [5.41, 5.74) is -2.73. The summed E-state index contributed by atoms with van der Waals surface area (Å²) in [6, 6.07) is 3.21. The Bertz CT molecular complexity index is 1070. The summed E-state index contributed by atoms with van der Waals surface area (Å²) in [5.74, 6) is -7.20. The van der Waals surface area contributed by atoms with Crippen molar-refractivity contribution in [3.63, 3.8) is 0 Å². The number of hydrogen-bond acceptors (Lipinski definition) is 13. The van der Waals surface area contributed by atoms with Crippen LogP contribution in [0, 0.1) is 0 Å². The third kappa shape index (κ3) is 5.01. The van der Waals surface area contributed by atoms with Gasteiger partial charge < -0.3 is 55.4 Å². The van der Waals surface area contributed by atoms with E-state index in [0.29, 0.717) is 0 Å². The lowest BCUT2D eigenvalue weighted by Crippen LogP contribution is -2.55. The molecule has 4 atom stereocenters. The van der Waals surface area contributed by atoms with Crippen LogP contribution in [0.25, 0.3) is 0 Å². The monoisotopic (exact) mass is 482 g/mol. The van der Waals surface area contributed by atoms with E-state index in [2.05, 4.69) is 0 Å². The molecule has 0 bridgehead atoms. The van der Waals surface area contributed by atoms with Crippen LogP contribution < -0.4 is 0 Å². The Morgan fingerprint density at radius 3 is 1.71 bits per heavy atom. The van der Waals surface area contributed by atoms with Gasteiger partial charge >= 0.3 is 11.9 Å². The van der Waals surface area contributed by atoms with Crippen molar-refractivity contribution in [3.8, 4) is 34.5 Å². The first-order chi connectivity index (χ1) is 15.8. The molecule has 1 aliphatic carbocycles. The van der Waals surface area contributed by atoms with Crippen LogP contribution >= 0.6 is 0 Å². The minimum absolute atomic E-state index is 0.359. The van der Waals surface area contributed by atoms with Gasteiger partial charge in [0, 0.05) is 12.8 Å². The molecule has 13 heteroatoms. The molecule has 0 spiro atoms. The summed E-state index contributed by atoms with van der Waals surface area (Å²) in [6.07, 6.45) is -5.70. The first-order valence-electron chi connectivity index (χ1n) is 9.78. The summed E-state index contributed by atoms with van der Waals surface area (Å²) in [6.45, 7) is -0.743. The fourth-order valence-electron chi connectivity index (χ4n) is 3.50. The summed E-state index contributed by atoms with van der Waals surface area (Å²) < 4.78 is 10.1. The predicted octanol–water partition coefficient (Wildman–Crippen LogP) is -0.451. The maximum absolute atomic E-state index is 12.4. The molecule has 2 aromatic carbocycles. The van der Waals surface area contributed by atoms with E-state index in [-0.39, 0.29) is 5.56 Å². The average Bonchev–Trinajstić information content (AvgIpc) is 2.76. The molecule has 184 valence electrons. The Hall–Kier alpha value is -3.94. The van der Waals surface area contributed by atoms with Crippen LogP contribution in [-0.4, -0.2) is 88.4 Å². The molecule has 1 fully saturated rings. The highest BCUT2D eigenvalue weighted by molar-refractivity contribution is 5.91. The normalized spacial score (nSPS) is 24.4.